The van der Waals surface area contributed by atoms with E-state index in [-0.39, 0.29) is 37.4 Å². The first-order chi connectivity index (χ1) is 15.1. The molecule has 3 amide bonds. The van der Waals surface area contributed by atoms with Crippen molar-refractivity contribution in [2.75, 3.05) is 32.9 Å². The Morgan fingerprint density at radius 3 is 2.81 bits per heavy atom. The quantitative estimate of drug-likeness (QED) is 0.678. The van der Waals surface area contributed by atoms with Crippen molar-refractivity contribution in [1.82, 2.24) is 15.5 Å². The molecule has 0 aromatic heterocycles. The largest absolute Gasteiger partial charge is 0.491 e. The molecule has 162 valence electrons. The molecule has 0 unspecified atom stereocenters. The summed E-state index contributed by atoms with van der Waals surface area (Å²) in [6.45, 7) is 1.31. The van der Waals surface area contributed by atoms with Crippen molar-refractivity contribution in [2.45, 2.75) is 24.4 Å². The maximum Gasteiger partial charge on any atom is 0.317 e. The van der Waals surface area contributed by atoms with E-state index in [0.717, 1.165) is 0 Å². The molecule has 7 nitrogen and oxygen atoms in total. The van der Waals surface area contributed by atoms with E-state index in [1.165, 1.54) is 0 Å². The molecule has 1 spiro atoms. The number of amides is 3. The lowest BCUT2D eigenvalue weighted by Crippen LogP contribution is -2.64. The fourth-order valence-electron chi connectivity index (χ4n) is 4.87. The number of carbonyl (C=O) groups is 2. The van der Waals surface area contributed by atoms with E-state index >= 15 is 4.39 Å². The lowest BCUT2D eigenvalue weighted by molar-refractivity contribution is -0.136. The fraction of sp³-hybridized carbons (Fsp3) is 0.391. The van der Waals surface area contributed by atoms with Gasteiger partial charge in [-0.2, -0.15) is 0 Å². The summed E-state index contributed by atoms with van der Waals surface area (Å²) < 4.78 is 27.1. The fourth-order valence-corrected chi connectivity index (χ4v) is 4.87. The molecule has 0 saturated carbocycles. The lowest BCUT2D eigenvalue weighted by atomic mass is 9.85. The third-order valence-corrected chi connectivity index (χ3v) is 6.36. The molecule has 31 heavy (non-hydrogen) atoms. The van der Waals surface area contributed by atoms with Crippen LogP contribution in [0.2, 0.25) is 0 Å². The number of nitrogens with one attached hydrogen (secondary N) is 2. The van der Waals surface area contributed by atoms with Gasteiger partial charge in [-0.1, -0.05) is 36.4 Å². The van der Waals surface area contributed by atoms with Crippen molar-refractivity contribution < 1.29 is 23.5 Å². The summed E-state index contributed by atoms with van der Waals surface area (Å²) >= 11 is 0. The molecule has 2 aromatic rings. The van der Waals surface area contributed by atoms with Gasteiger partial charge in [0.2, 0.25) is 5.91 Å². The SMILES string of the molecule is O=C1COC[C@@]2(CCN3C(=O)NCCOc4ccccc4-c4cccc(c4F)C[C@H]32)N1. The van der Waals surface area contributed by atoms with Gasteiger partial charge in [-0.3, -0.25) is 4.79 Å². The van der Waals surface area contributed by atoms with Gasteiger partial charge in [0.15, 0.2) is 0 Å². The highest BCUT2D eigenvalue weighted by Gasteiger charge is 2.52. The van der Waals surface area contributed by atoms with Gasteiger partial charge < -0.3 is 25.0 Å². The van der Waals surface area contributed by atoms with Gasteiger partial charge in [0, 0.05) is 17.7 Å². The maximum absolute atomic E-state index is 15.7. The van der Waals surface area contributed by atoms with Crippen LogP contribution in [0.5, 0.6) is 5.75 Å². The minimum atomic E-state index is -0.732. The van der Waals surface area contributed by atoms with Crippen molar-refractivity contribution in [3.05, 3.63) is 53.8 Å². The van der Waals surface area contributed by atoms with Gasteiger partial charge in [0.1, 0.15) is 24.8 Å². The van der Waals surface area contributed by atoms with Gasteiger partial charge in [-0.15, -0.1) is 0 Å². The van der Waals surface area contributed by atoms with Crippen molar-refractivity contribution in [3.8, 4) is 16.9 Å². The Balaban J connectivity index is 1.60. The molecule has 3 aliphatic rings. The number of morpholine rings is 1. The zero-order chi connectivity index (χ0) is 21.4. The Morgan fingerprint density at radius 2 is 1.94 bits per heavy atom. The Bertz CT molecular complexity index is 1030. The van der Waals surface area contributed by atoms with Gasteiger partial charge in [-0.25, -0.2) is 9.18 Å². The van der Waals surface area contributed by atoms with Crippen LogP contribution >= 0.6 is 0 Å². The van der Waals surface area contributed by atoms with Crippen LogP contribution in [-0.4, -0.2) is 61.3 Å². The van der Waals surface area contributed by atoms with E-state index < -0.39 is 11.6 Å². The minimum Gasteiger partial charge on any atom is -0.491 e. The molecule has 5 rings (SSSR count). The molecule has 3 heterocycles. The summed E-state index contributed by atoms with van der Waals surface area (Å²) in [5.41, 5.74) is 0.869. The third-order valence-electron chi connectivity index (χ3n) is 6.36. The zero-order valence-corrected chi connectivity index (χ0v) is 17.0. The second-order valence-electron chi connectivity index (χ2n) is 8.22. The van der Waals surface area contributed by atoms with Gasteiger partial charge >= 0.3 is 6.03 Å². The standard InChI is InChI=1S/C23H24FN3O4/c24-21-15-4-3-6-17(21)16-5-1-2-7-18(16)31-11-9-25-22(29)27-10-8-23(19(27)12-15)14-30-13-20(28)26-23/h1-7,19H,8-14H2,(H,25,29)(H,26,28)/t19-,23+/m0/s1. The van der Waals surface area contributed by atoms with E-state index in [1.54, 1.807) is 23.1 Å². The molecular formula is C23H24FN3O4. The predicted octanol–water partition coefficient (Wildman–Crippen LogP) is 2.10. The topological polar surface area (TPSA) is 79.9 Å². The van der Waals surface area contributed by atoms with Crippen LogP contribution in [0.1, 0.15) is 12.0 Å². The molecule has 0 aliphatic carbocycles. The second kappa shape index (κ2) is 7.85. The summed E-state index contributed by atoms with van der Waals surface area (Å²) in [6.07, 6.45) is 0.817. The molecule has 3 aliphatic heterocycles. The number of carbonyl (C=O) groups excluding carboxylic acids is 2. The average Bonchev–Trinajstić information content (AvgIpc) is 3.09. The Morgan fingerprint density at radius 1 is 1.10 bits per heavy atom. The number of rotatable bonds is 0. The van der Waals surface area contributed by atoms with E-state index in [4.69, 9.17) is 9.47 Å². The molecule has 2 aromatic carbocycles. The summed E-state index contributed by atoms with van der Waals surface area (Å²) in [6, 6.07) is 11.9. The number of ether oxygens (including phenoxy) is 2. The highest BCUT2D eigenvalue weighted by Crippen LogP contribution is 2.37. The van der Waals surface area contributed by atoms with Crippen LogP contribution in [0.3, 0.4) is 0 Å². The van der Waals surface area contributed by atoms with E-state index in [1.807, 2.05) is 24.3 Å². The number of nitrogens with zero attached hydrogens (tertiary/aromatic N) is 1. The number of benzene rings is 2. The molecule has 2 N–H and O–H groups in total. The summed E-state index contributed by atoms with van der Waals surface area (Å²) in [7, 11) is 0. The molecule has 2 saturated heterocycles. The van der Waals surface area contributed by atoms with Gasteiger partial charge in [0.05, 0.1) is 24.7 Å². The third kappa shape index (κ3) is 3.50. The Kier molecular flexibility index (Phi) is 5.02. The molecule has 2 atom stereocenters. The number of halogens is 1. The number of urea groups is 1. The van der Waals surface area contributed by atoms with E-state index in [9.17, 15) is 9.59 Å². The number of hydrogen-bond acceptors (Lipinski definition) is 4. The van der Waals surface area contributed by atoms with Gasteiger partial charge in [-0.05, 0) is 24.5 Å². The Labute approximate surface area is 179 Å². The molecule has 2 bridgehead atoms. The first kappa shape index (κ1) is 19.8. The first-order valence-corrected chi connectivity index (χ1v) is 10.5. The zero-order valence-electron chi connectivity index (χ0n) is 17.0. The van der Waals surface area contributed by atoms with Crippen LogP contribution in [0, 0.1) is 5.82 Å². The van der Waals surface area contributed by atoms with Gasteiger partial charge in [0.25, 0.3) is 0 Å². The van der Waals surface area contributed by atoms with Crippen LogP contribution in [0.25, 0.3) is 11.1 Å². The first-order valence-electron chi connectivity index (χ1n) is 10.5. The summed E-state index contributed by atoms with van der Waals surface area (Å²) in [5.74, 6) is 0.00759. The highest BCUT2D eigenvalue weighted by atomic mass is 19.1. The number of fused-ring (bicyclic) bond motifs is 6. The van der Waals surface area contributed by atoms with E-state index in [2.05, 4.69) is 10.6 Å². The van der Waals surface area contributed by atoms with Crippen molar-refractivity contribution in [3.63, 3.8) is 0 Å². The predicted molar refractivity (Wildman–Crippen MR) is 111 cm³/mol. The van der Waals surface area contributed by atoms with Crippen LogP contribution in [0.15, 0.2) is 42.5 Å². The normalized spacial score (nSPS) is 25.8. The van der Waals surface area contributed by atoms with Crippen molar-refractivity contribution in [1.29, 1.82) is 0 Å². The van der Waals surface area contributed by atoms with Crippen molar-refractivity contribution in [2.24, 2.45) is 0 Å². The molecule has 8 heteroatoms. The molecule has 2 fully saturated rings. The monoisotopic (exact) mass is 425 g/mol. The smallest absolute Gasteiger partial charge is 0.317 e. The van der Waals surface area contributed by atoms with Crippen molar-refractivity contribution >= 4 is 11.9 Å². The Hall–Kier alpha value is -3.13. The second-order valence-corrected chi connectivity index (χ2v) is 8.22. The number of hydrogen-bond donors (Lipinski definition) is 2. The minimum absolute atomic E-state index is 0.00135. The average molecular weight is 425 g/mol. The highest BCUT2D eigenvalue weighted by molar-refractivity contribution is 5.80. The van der Waals surface area contributed by atoms with E-state index in [0.29, 0.717) is 48.6 Å². The van der Waals surface area contributed by atoms with Crippen LogP contribution in [0.4, 0.5) is 9.18 Å². The lowest BCUT2D eigenvalue weighted by Gasteiger charge is -2.41. The maximum atomic E-state index is 15.7. The molecular weight excluding hydrogens is 401 g/mol. The molecule has 0 radical (unpaired) electrons. The number of para-hydroxylation sites is 1. The van der Waals surface area contributed by atoms with Crippen LogP contribution < -0.4 is 15.4 Å². The van der Waals surface area contributed by atoms with Crippen LogP contribution in [-0.2, 0) is 16.0 Å². The summed E-state index contributed by atoms with van der Waals surface area (Å²) in [5, 5.41) is 5.94. The summed E-state index contributed by atoms with van der Waals surface area (Å²) in [4.78, 5) is 26.8.